The number of benzene rings is 2. The van der Waals surface area contributed by atoms with Crippen LogP contribution in [0.15, 0.2) is 45.7 Å². The van der Waals surface area contributed by atoms with Crippen LogP contribution in [-0.4, -0.2) is 36.7 Å². The molecule has 3 aromatic rings. The molecule has 0 saturated carbocycles. The minimum atomic E-state index is -3.55. The molecule has 158 valence electrons. The van der Waals surface area contributed by atoms with Crippen molar-refractivity contribution in [2.24, 2.45) is 5.92 Å². The normalized spacial score (nSPS) is 16.1. The molecule has 0 spiro atoms. The first-order valence-corrected chi connectivity index (χ1v) is 11.4. The summed E-state index contributed by atoms with van der Waals surface area (Å²) in [6.45, 7) is 6.29. The number of anilines is 1. The van der Waals surface area contributed by atoms with Gasteiger partial charge in [-0.3, -0.25) is 4.79 Å². The van der Waals surface area contributed by atoms with Crippen LogP contribution in [0.3, 0.4) is 0 Å². The standard InChI is InChI=1S/C22H25N3O4S/c1-14-4-6-19(12-15(14)2)30(27,28)25-10-8-17(9-11-25)22(26)24-18-5-7-21-20(13-18)23-16(3)29-21/h4-7,12-13,17H,8-11H2,1-3H3,(H,24,26). The second kappa shape index (κ2) is 7.85. The van der Waals surface area contributed by atoms with Crippen molar-refractivity contribution in [2.75, 3.05) is 18.4 Å². The molecule has 1 saturated heterocycles. The number of amides is 1. The fourth-order valence-electron chi connectivity index (χ4n) is 3.75. The van der Waals surface area contributed by atoms with Crippen molar-refractivity contribution < 1.29 is 17.6 Å². The highest BCUT2D eigenvalue weighted by atomic mass is 32.2. The van der Waals surface area contributed by atoms with E-state index < -0.39 is 10.0 Å². The van der Waals surface area contributed by atoms with Crippen LogP contribution in [0.25, 0.3) is 11.1 Å². The summed E-state index contributed by atoms with van der Waals surface area (Å²) in [5, 5.41) is 2.92. The Morgan fingerprint density at radius 1 is 1.07 bits per heavy atom. The molecule has 8 heteroatoms. The molecule has 1 N–H and O–H groups in total. The van der Waals surface area contributed by atoms with E-state index in [1.54, 1.807) is 37.3 Å². The van der Waals surface area contributed by atoms with E-state index in [2.05, 4.69) is 10.3 Å². The number of sulfonamides is 1. The molecular formula is C22H25N3O4S. The fraction of sp³-hybridized carbons (Fsp3) is 0.364. The third-order valence-electron chi connectivity index (χ3n) is 5.70. The van der Waals surface area contributed by atoms with E-state index in [-0.39, 0.29) is 11.8 Å². The molecule has 0 radical (unpaired) electrons. The molecule has 0 aliphatic carbocycles. The molecule has 1 aromatic heterocycles. The summed E-state index contributed by atoms with van der Waals surface area (Å²) in [4.78, 5) is 17.3. The Labute approximate surface area is 176 Å². The quantitative estimate of drug-likeness (QED) is 0.684. The number of nitrogens with one attached hydrogen (secondary N) is 1. The van der Waals surface area contributed by atoms with E-state index in [9.17, 15) is 13.2 Å². The molecule has 7 nitrogen and oxygen atoms in total. The van der Waals surface area contributed by atoms with Gasteiger partial charge in [-0.05, 0) is 68.1 Å². The Hall–Kier alpha value is -2.71. The number of piperidine rings is 1. The number of carbonyl (C=O) groups excluding carboxylic acids is 1. The molecular weight excluding hydrogens is 402 g/mol. The van der Waals surface area contributed by atoms with Crippen LogP contribution in [0.5, 0.6) is 0 Å². The number of fused-ring (bicyclic) bond motifs is 1. The summed E-state index contributed by atoms with van der Waals surface area (Å²) < 4.78 is 32.8. The first-order valence-electron chi connectivity index (χ1n) is 9.99. The number of nitrogens with zero attached hydrogens (tertiary/aromatic N) is 2. The summed E-state index contributed by atoms with van der Waals surface area (Å²) in [5.41, 5.74) is 4.04. The first kappa shape index (κ1) is 20.6. The van der Waals surface area contributed by atoms with Crippen molar-refractivity contribution in [1.82, 2.24) is 9.29 Å². The largest absolute Gasteiger partial charge is 0.441 e. The average Bonchev–Trinajstić information content (AvgIpc) is 3.09. The van der Waals surface area contributed by atoms with Gasteiger partial charge in [-0.2, -0.15) is 4.31 Å². The summed E-state index contributed by atoms with van der Waals surface area (Å²) in [7, 11) is -3.55. The van der Waals surface area contributed by atoms with Gasteiger partial charge in [0.25, 0.3) is 0 Å². The Balaban J connectivity index is 1.40. The summed E-state index contributed by atoms with van der Waals surface area (Å²) >= 11 is 0. The van der Waals surface area contributed by atoms with Gasteiger partial charge >= 0.3 is 0 Å². The van der Waals surface area contributed by atoms with Crippen LogP contribution < -0.4 is 5.32 Å². The lowest BCUT2D eigenvalue weighted by molar-refractivity contribution is -0.120. The SMILES string of the molecule is Cc1nc2cc(NC(=O)C3CCN(S(=O)(=O)c4ccc(C)c(C)c4)CC3)ccc2o1. The Bertz CT molecular complexity index is 1210. The Morgan fingerprint density at radius 3 is 2.50 bits per heavy atom. The van der Waals surface area contributed by atoms with Crippen molar-refractivity contribution in [3.8, 4) is 0 Å². The number of rotatable bonds is 4. The van der Waals surface area contributed by atoms with Gasteiger partial charge in [0.05, 0.1) is 4.90 Å². The Morgan fingerprint density at radius 2 is 1.80 bits per heavy atom. The zero-order valence-corrected chi connectivity index (χ0v) is 18.1. The van der Waals surface area contributed by atoms with Gasteiger partial charge in [0.15, 0.2) is 11.5 Å². The molecule has 0 bridgehead atoms. The zero-order chi connectivity index (χ0) is 21.5. The molecule has 1 amide bonds. The topological polar surface area (TPSA) is 92.5 Å². The highest BCUT2D eigenvalue weighted by Crippen LogP contribution is 2.26. The summed E-state index contributed by atoms with van der Waals surface area (Å²) in [5.74, 6) is 0.245. The van der Waals surface area contributed by atoms with E-state index >= 15 is 0 Å². The number of hydrogen-bond acceptors (Lipinski definition) is 5. The summed E-state index contributed by atoms with van der Waals surface area (Å²) in [6, 6.07) is 10.5. The van der Waals surface area contributed by atoms with E-state index in [0.717, 1.165) is 11.1 Å². The van der Waals surface area contributed by atoms with Gasteiger partial charge in [0, 0.05) is 31.6 Å². The number of hydrogen-bond donors (Lipinski definition) is 1. The van der Waals surface area contributed by atoms with Crippen LogP contribution in [0.2, 0.25) is 0 Å². The fourth-order valence-corrected chi connectivity index (χ4v) is 5.30. The molecule has 4 rings (SSSR count). The van der Waals surface area contributed by atoms with Crippen LogP contribution in [0, 0.1) is 26.7 Å². The van der Waals surface area contributed by atoms with Crippen molar-refractivity contribution in [3.05, 3.63) is 53.4 Å². The monoisotopic (exact) mass is 427 g/mol. The maximum Gasteiger partial charge on any atom is 0.243 e. The van der Waals surface area contributed by atoms with Crippen molar-refractivity contribution in [1.29, 1.82) is 0 Å². The minimum absolute atomic E-state index is 0.0993. The number of oxazole rings is 1. The highest BCUT2D eigenvalue weighted by molar-refractivity contribution is 7.89. The molecule has 30 heavy (non-hydrogen) atoms. The Kier molecular flexibility index (Phi) is 5.38. The predicted molar refractivity (Wildman–Crippen MR) is 115 cm³/mol. The first-order chi connectivity index (χ1) is 14.2. The lowest BCUT2D eigenvalue weighted by Crippen LogP contribution is -2.41. The van der Waals surface area contributed by atoms with Crippen LogP contribution in [0.4, 0.5) is 5.69 Å². The average molecular weight is 428 g/mol. The van der Waals surface area contributed by atoms with E-state index in [4.69, 9.17) is 4.42 Å². The van der Waals surface area contributed by atoms with Crippen LogP contribution in [0.1, 0.15) is 29.9 Å². The van der Waals surface area contributed by atoms with Crippen LogP contribution in [-0.2, 0) is 14.8 Å². The van der Waals surface area contributed by atoms with E-state index in [1.807, 2.05) is 19.9 Å². The third kappa shape index (κ3) is 3.97. The molecule has 0 atom stereocenters. The van der Waals surface area contributed by atoms with E-state index in [0.29, 0.717) is 53.5 Å². The molecule has 1 aliphatic heterocycles. The predicted octanol–water partition coefficient (Wildman–Crippen LogP) is 3.79. The number of aromatic nitrogens is 1. The molecule has 1 aliphatic rings. The highest BCUT2D eigenvalue weighted by Gasteiger charge is 2.32. The lowest BCUT2D eigenvalue weighted by Gasteiger charge is -2.30. The van der Waals surface area contributed by atoms with Gasteiger partial charge in [0.2, 0.25) is 15.9 Å². The van der Waals surface area contributed by atoms with Crippen LogP contribution >= 0.6 is 0 Å². The number of aryl methyl sites for hydroxylation is 3. The van der Waals surface area contributed by atoms with Gasteiger partial charge in [-0.25, -0.2) is 13.4 Å². The maximum atomic E-state index is 13.0. The summed E-state index contributed by atoms with van der Waals surface area (Å²) in [6.07, 6.45) is 0.975. The van der Waals surface area contributed by atoms with E-state index in [1.165, 1.54) is 4.31 Å². The maximum absolute atomic E-state index is 13.0. The van der Waals surface area contributed by atoms with Gasteiger partial charge in [-0.1, -0.05) is 6.07 Å². The smallest absolute Gasteiger partial charge is 0.243 e. The van der Waals surface area contributed by atoms with Gasteiger partial charge in [0.1, 0.15) is 5.52 Å². The molecule has 2 aromatic carbocycles. The molecule has 0 unspecified atom stereocenters. The second-order valence-electron chi connectivity index (χ2n) is 7.83. The van der Waals surface area contributed by atoms with Crippen molar-refractivity contribution >= 4 is 32.7 Å². The van der Waals surface area contributed by atoms with Gasteiger partial charge in [-0.15, -0.1) is 0 Å². The van der Waals surface area contributed by atoms with Crippen molar-refractivity contribution in [3.63, 3.8) is 0 Å². The molecule has 2 heterocycles. The zero-order valence-electron chi connectivity index (χ0n) is 17.3. The van der Waals surface area contributed by atoms with Crippen molar-refractivity contribution in [2.45, 2.75) is 38.5 Å². The third-order valence-corrected chi connectivity index (χ3v) is 7.60. The minimum Gasteiger partial charge on any atom is -0.441 e. The number of carbonyl (C=O) groups is 1. The van der Waals surface area contributed by atoms with Gasteiger partial charge < -0.3 is 9.73 Å². The lowest BCUT2D eigenvalue weighted by atomic mass is 9.97. The second-order valence-corrected chi connectivity index (χ2v) is 9.77. The molecule has 1 fully saturated rings.